The van der Waals surface area contributed by atoms with E-state index in [1.165, 1.54) is 33.0 Å². The third-order valence-electron chi connectivity index (χ3n) is 8.42. The third-order valence-corrected chi connectivity index (χ3v) is 8.42. The molecule has 0 aliphatic heterocycles. The van der Waals surface area contributed by atoms with Crippen LogP contribution in [-0.2, 0) is 5.41 Å². The summed E-state index contributed by atoms with van der Waals surface area (Å²) in [6, 6.07) is 46.1. The monoisotopic (exact) mass is 531 g/mol. The van der Waals surface area contributed by atoms with E-state index in [4.69, 9.17) is 0 Å². The van der Waals surface area contributed by atoms with Crippen molar-refractivity contribution in [3.63, 3.8) is 0 Å². The quantitative estimate of drug-likeness (QED) is 0.241. The second-order valence-corrected chi connectivity index (χ2v) is 11.2. The maximum Gasteiger partial charge on any atom is 0.335 e. The highest BCUT2D eigenvalue weighted by Crippen LogP contribution is 2.51. The molecular formula is C38H29NO2. The van der Waals surface area contributed by atoms with E-state index in [1.807, 2.05) is 12.1 Å². The number of rotatable bonds is 5. The van der Waals surface area contributed by atoms with Crippen molar-refractivity contribution >= 4 is 33.8 Å². The molecule has 1 N–H and O–H groups in total. The molecule has 1 aliphatic carbocycles. The minimum Gasteiger partial charge on any atom is -0.478 e. The van der Waals surface area contributed by atoms with Crippen molar-refractivity contribution in [2.75, 3.05) is 4.90 Å². The second-order valence-electron chi connectivity index (χ2n) is 11.2. The molecule has 0 saturated heterocycles. The van der Waals surface area contributed by atoms with Gasteiger partial charge in [0.25, 0.3) is 0 Å². The van der Waals surface area contributed by atoms with Gasteiger partial charge in [0.05, 0.1) is 11.3 Å². The van der Waals surface area contributed by atoms with Crippen molar-refractivity contribution in [1.82, 2.24) is 0 Å². The molecule has 3 heteroatoms. The lowest BCUT2D eigenvalue weighted by Crippen LogP contribution is -2.16. The van der Waals surface area contributed by atoms with E-state index >= 15 is 0 Å². The number of carboxylic acid groups (broad SMARTS) is 1. The van der Waals surface area contributed by atoms with Gasteiger partial charge in [0.15, 0.2) is 0 Å². The topological polar surface area (TPSA) is 40.5 Å². The highest BCUT2D eigenvalue weighted by molar-refractivity contribution is 5.99. The zero-order chi connectivity index (χ0) is 28.1. The highest BCUT2D eigenvalue weighted by atomic mass is 16.4. The van der Waals surface area contributed by atoms with Crippen molar-refractivity contribution < 1.29 is 9.90 Å². The first-order valence-corrected chi connectivity index (χ1v) is 13.9. The number of benzene rings is 6. The van der Waals surface area contributed by atoms with Crippen molar-refractivity contribution in [2.24, 2.45) is 0 Å². The summed E-state index contributed by atoms with van der Waals surface area (Å²) < 4.78 is 0. The molecule has 0 heterocycles. The highest BCUT2D eigenvalue weighted by Gasteiger charge is 2.35. The Bertz CT molecular complexity index is 1930. The van der Waals surface area contributed by atoms with Gasteiger partial charge < -0.3 is 10.0 Å². The molecule has 198 valence electrons. The van der Waals surface area contributed by atoms with E-state index in [0.29, 0.717) is 0 Å². The van der Waals surface area contributed by atoms with Gasteiger partial charge in [-0.3, -0.25) is 0 Å². The first-order valence-electron chi connectivity index (χ1n) is 13.9. The van der Waals surface area contributed by atoms with E-state index < -0.39 is 5.97 Å². The van der Waals surface area contributed by atoms with Gasteiger partial charge in [-0.15, -0.1) is 0 Å². The lowest BCUT2D eigenvalue weighted by Gasteiger charge is -2.29. The van der Waals surface area contributed by atoms with Crippen LogP contribution in [0.15, 0.2) is 133 Å². The number of hydrogen-bond donors (Lipinski definition) is 1. The van der Waals surface area contributed by atoms with Gasteiger partial charge in [-0.25, -0.2) is 4.79 Å². The van der Waals surface area contributed by atoms with Crippen LogP contribution in [0.2, 0.25) is 0 Å². The van der Waals surface area contributed by atoms with Crippen LogP contribution in [0.25, 0.3) is 33.0 Å². The first-order chi connectivity index (χ1) is 19.9. The van der Waals surface area contributed by atoms with E-state index in [1.54, 1.807) is 12.1 Å². The predicted molar refractivity (Wildman–Crippen MR) is 169 cm³/mol. The number of anilines is 3. The summed E-state index contributed by atoms with van der Waals surface area (Å²) in [5, 5.41) is 11.7. The van der Waals surface area contributed by atoms with Gasteiger partial charge in [-0.1, -0.05) is 105 Å². The van der Waals surface area contributed by atoms with E-state index in [-0.39, 0.29) is 11.0 Å². The third kappa shape index (κ3) is 4.09. The number of hydrogen-bond acceptors (Lipinski definition) is 2. The number of nitrogens with zero attached hydrogens (tertiary/aromatic N) is 1. The Kier molecular flexibility index (Phi) is 5.76. The molecule has 0 fully saturated rings. The molecule has 0 radical (unpaired) electrons. The van der Waals surface area contributed by atoms with Crippen LogP contribution >= 0.6 is 0 Å². The Balaban J connectivity index is 1.37. The van der Waals surface area contributed by atoms with Gasteiger partial charge in [0, 0.05) is 22.2 Å². The molecule has 0 amide bonds. The molecule has 41 heavy (non-hydrogen) atoms. The summed E-state index contributed by atoms with van der Waals surface area (Å²) in [5.41, 5.74) is 10.8. The number of fused-ring (bicyclic) bond motifs is 4. The molecule has 7 rings (SSSR count). The van der Waals surface area contributed by atoms with Crippen LogP contribution < -0.4 is 4.90 Å². The fraction of sp³-hybridized carbons (Fsp3) is 0.0789. The summed E-state index contributed by atoms with van der Waals surface area (Å²) in [4.78, 5) is 13.6. The average Bonchev–Trinajstić information content (AvgIpc) is 3.24. The largest absolute Gasteiger partial charge is 0.478 e. The van der Waals surface area contributed by atoms with Gasteiger partial charge in [-0.2, -0.15) is 0 Å². The second kappa shape index (κ2) is 9.50. The molecule has 0 unspecified atom stereocenters. The summed E-state index contributed by atoms with van der Waals surface area (Å²) >= 11 is 0. The Morgan fingerprint density at radius 2 is 1.22 bits per heavy atom. The molecule has 6 aromatic carbocycles. The zero-order valence-corrected chi connectivity index (χ0v) is 23.0. The molecule has 3 nitrogen and oxygen atoms in total. The Hall–Kier alpha value is -5.15. The zero-order valence-electron chi connectivity index (χ0n) is 23.0. The molecule has 0 saturated carbocycles. The van der Waals surface area contributed by atoms with E-state index in [9.17, 15) is 9.90 Å². The number of carboxylic acids is 1. The summed E-state index contributed by atoms with van der Waals surface area (Å²) in [6.45, 7) is 4.63. The summed E-state index contributed by atoms with van der Waals surface area (Å²) in [6.07, 6.45) is 0. The van der Waals surface area contributed by atoms with Crippen LogP contribution in [0.1, 0.15) is 35.3 Å². The normalized spacial score (nSPS) is 13.0. The smallest absolute Gasteiger partial charge is 0.335 e. The lowest BCUT2D eigenvalue weighted by molar-refractivity contribution is 0.0697. The molecular weight excluding hydrogens is 502 g/mol. The summed E-state index contributed by atoms with van der Waals surface area (Å²) in [7, 11) is 0. The standard InChI is InChI=1S/C38H29NO2/c1-38(2)34-12-6-5-11-32(34)33-23-22-30(24-35(33)38)39(36-13-7-9-27-8-3-4-10-31(27)36)29-20-18-26(19-21-29)25-14-16-28(17-15-25)37(40)41/h3-24H,1-2H3,(H,40,41). The molecule has 0 bridgehead atoms. The van der Waals surface area contributed by atoms with Crippen LogP contribution in [-0.4, -0.2) is 11.1 Å². The first kappa shape index (κ1) is 24.9. The van der Waals surface area contributed by atoms with Crippen LogP contribution in [0.4, 0.5) is 17.1 Å². The Morgan fingerprint density at radius 3 is 1.98 bits per heavy atom. The lowest BCUT2D eigenvalue weighted by atomic mass is 9.82. The molecule has 0 aromatic heterocycles. The maximum atomic E-state index is 11.3. The maximum absolute atomic E-state index is 11.3. The van der Waals surface area contributed by atoms with Crippen LogP contribution in [0, 0.1) is 0 Å². The predicted octanol–water partition coefficient (Wildman–Crippen LogP) is 9.98. The minimum absolute atomic E-state index is 0.0989. The van der Waals surface area contributed by atoms with Gasteiger partial charge in [-0.05, 0) is 81.2 Å². The molecule has 0 atom stereocenters. The molecule has 1 aliphatic rings. The number of carbonyl (C=O) groups is 1. The van der Waals surface area contributed by atoms with Crippen molar-refractivity contribution in [1.29, 1.82) is 0 Å². The van der Waals surface area contributed by atoms with Crippen LogP contribution in [0.5, 0.6) is 0 Å². The SMILES string of the molecule is CC1(C)c2ccccc2-c2ccc(N(c3ccc(-c4ccc(C(=O)O)cc4)cc3)c3cccc4ccccc34)cc21. The minimum atomic E-state index is -0.918. The fourth-order valence-corrected chi connectivity index (χ4v) is 6.27. The Morgan fingerprint density at radius 1 is 0.610 bits per heavy atom. The van der Waals surface area contributed by atoms with E-state index in [2.05, 4.69) is 128 Å². The summed E-state index contributed by atoms with van der Waals surface area (Å²) in [5.74, 6) is -0.918. The Labute approximate surface area is 240 Å². The van der Waals surface area contributed by atoms with Gasteiger partial charge in [0.1, 0.15) is 0 Å². The molecule has 0 spiro atoms. The fourth-order valence-electron chi connectivity index (χ4n) is 6.27. The van der Waals surface area contributed by atoms with Crippen molar-refractivity contribution in [2.45, 2.75) is 19.3 Å². The van der Waals surface area contributed by atoms with Crippen molar-refractivity contribution in [3.05, 3.63) is 150 Å². The average molecular weight is 532 g/mol. The van der Waals surface area contributed by atoms with Gasteiger partial charge in [0.2, 0.25) is 0 Å². The number of aromatic carboxylic acids is 1. The van der Waals surface area contributed by atoms with Crippen LogP contribution in [0.3, 0.4) is 0 Å². The molecule has 6 aromatic rings. The van der Waals surface area contributed by atoms with Crippen molar-refractivity contribution in [3.8, 4) is 22.3 Å². The van der Waals surface area contributed by atoms with E-state index in [0.717, 1.165) is 28.2 Å². The van der Waals surface area contributed by atoms with Gasteiger partial charge >= 0.3 is 5.97 Å².